The number of rotatable bonds is 4. The highest BCUT2D eigenvalue weighted by Crippen LogP contribution is 1.85. The predicted octanol–water partition coefficient (Wildman–Crippen LogP) is -0.990. The van der Waals surface area contributed by atoms with Gasteiger partial charge in [0.25, 0.3) is 0 Å². The van der Waals surface area contributed by atoms with Crippen LogP contribution in [0.3, 0.4) is 0 Å². The zero-order chi connectivity index (χ0) is 8.85. The number of amides is 1. The number of hydrogen-bond acceptors (Lipinski definition) is 4. The van der Waals surface area contributed by atoms with E-state index in [9.17, 15) is 9.59 Å². The number of hydrazine groups is 1. The summed E-state index contributed by atoms with van der Waals surface area (Å²) < 4.78 is 0. The quantitative estimate of drug-likeness (QED) is 0.329. The maximum atomic E-state index is 10.3. The van der Waals surface area contributed by atoms with Crippen LogP contribution >= 0.6 is 12.6 Å². The zero-order valence-electron chi connectivity index (χ0n) is 6.00. The summed E-state index contributed by atoms with van der Waals surface area (Å²) in [5, 5.41) is 8.42. The van der Waals surface area contributed by atoms with Gasteiger partial charge in [-0.2, -0.15) is 12.6 Å². The Balaban J connectivity index is 3.70. The zero-order valence-corrected chi connectivity index (χ0v) is 6.89. The largest absolute Gasteiger partial charge is 0.480 e. The Morgan fingerprint density at radius 3 is 2.45 bits per heavy atom. The summed E-state index contributed by atoms with van der Waals surface area (Å²) in [6, 6.07) is -0.845. The van der Waals surface area contributed by atoms with E-state index in [-0.39, 0.29) is 11.7 Å². The maximum Gasteiger partial charge on any atom is 0.323 e. The minimum atomic E-state index is -1.05. The maximum absolute atomic E-state index is 10.3. The molecule has 0 fully saturated rings. The molecule has 0 bridgehead atoms. The Morgan fingerprint density at radius 1 is 1.64 bits per heavy atom. The molecule has 1 amide bonds. The minimum Gasteiger partial charge on any atom is -0.480 e. The van der Waals surface area contributed by atoms with Gasteiger partial charge in [-0.15, -0.1) is 0 Å². The Hall–Kier alpha value is -0.750. The number of hydrogen-bond donors (Lipinski definition) is 4. The van der Waals surface area contributed by atoms with Crippen molar-refractivity contribution in [2.75, 3.05) is 5.75 Å². The van der Waals surface area contributed by atoms with Crippen molar-refractivity contribution in [1.29, 1.82) is 0 Å². The van der Waals surface area contributed by atoms with Crippen LogP contribution in [0.15, 0.2) is 0 Å². The molecule has 1 atom stereocenters. The summed E-state index contributed by atoms with van der Waals surface area (Å²) in [4.78, 5) is 20.6. The predicted molar refractivity (Wildman–Crippen MR) is 42.2 cm³/mol. The first-order valence-electron chi connectivity index (χ1n) is 2.93. The van der Waals surface area contributed by atoms with Gasteiger partial charge in [0.1, 0.15) is 6.04 Å². The molecule has 0 aliphatic carbocycles. The van der Waals surface area contributed by atoms with Crippen molar-refractivity contribution in [1.82, 2.24) is 10.9 Å². The SMILES string of the molecule is CC(=O)NN[C@@H](CS)C(=O)O. The van der Waals surface area contributed by atoms with Crippen molar-refractivity contribution in [2.45, 2.75) is 13.0 Å². The second-order valence-electron chi connectivity index (χ2n) is 1.90. The molecular formula is C5H10N2O3S. The summed E-state index contributed by atoms with van der Waals surface area (Å²) >= 11 is 3.76. The summed E-state index contributed by atoms with van der Waals surface area (Å²) in [7, 11) is 0. The van der Waals surface area contributed by atoms with Gasteiger partial charge in [-0.25, -0.2) is 5.43 Å². The molecule has 0 aromatic heterocycles. The van der Waals surface area contributed by atoms with E-state index in [1.165, 1.54) is 6.92 Å². The van der Waals surface area contributed by atoms with E-state index in [0.717, 1.165) is 0 Å². The monoisotopic (exact) mass is 178 g/mol. The lowest BCUT2D eigenvalue weighted by molar-refractivity contribution is -0.139. The Bertz CT molecular complexity index is 162. The first-order valence-corrected chi connectivity index (χ1v) is 3.57. The van der Waals surface area contributed by atoms with Gasteiger partial charge in [-0.1, -0.05) is 0 Å². The molecule has 0 saturated carbocycles. The van der Waals surface area contributed by atoms with Crippen LogP contribution < -0.4 is 10.9 Å². The summed E-state index contributed by atoms with van der Waals surface area (Å²) in [5.74, 6) is -1.26. The van der Waals surface area contributed by atoms with Crippen LogP contribution in [0.1, 0.15) is 6.92 Å². The van der Waals surface area contributed by atoms with Gasteiger partial charge in [0, 0.05) is 12.7 Å². The highest BCUT2D eigenvalue weighted by atomic mass is 32.1. The third-order valence-electron chi connectivity index (χ3n) is 0.903. The second-order valence-corrected chi connectivity index (χ2v) is 2.26. The van der Waals surface area contributed by atoms with Crippen molar-refractivity contribution in [2.24, 2.45) is 0 Å². The molecule has 0 saturated heterocycles. The van der Waals surface area contributed by atoms with Crippen molar-refractivity contribution >= 4 is 24.5 Å². The number of aliphatic carboxylic acids is 1. The average Bonchev–Trinajstić information content (AvgIpc) is 1.87. The fourth-order valence-electron chi connectivity index (χ4n) is 0.374. The summed E-state index contributed by atoms with van der Waals surface area (Å²) in [5.41, 5.74) is 4.45. The molecule has 3 N–H and O–H groups in total. The van der Waals surface area contributed by atoms with Crippen LogP contribution in [-0.2, 0) is 9.59 Å². The van der Waals surface area contributed by atoms with Crippen molar-refractivity contribution in [3.05, 3.63) is 0 Å². The van der Waals surface area contributed by atoms with Gasteiger partial charge >= 0.3 is 5.97 Å². The first-order chi connectivity index (χ1) is 5.07. The van der Waals surface area contributed by atoms with Crippen LogP contribution in [-0.4, -0.2) is 28.8 Å². The molecule has 0 unspecified atom stereocenters. The van der Waals surface area contributed by atoms with Crippen LogP contribution in [0.2, 0.25) is 0 Å². The third kappa shape index (κ3) is 4.63. The van der Waals surface area contributed by atoms with E-state index in [0.29, 0.717) is 0 Å². The fraction of sp³-hybridized carbons (Fsp3) is 0.600. The van der Waals surface area contributed by atoms with E-state index in [1.807, 2.05) is 0 Å². The molecule has 5 nitrogen and oxygen atoms in total. The smallest absolute Gasteiger partial charge is 0.323 e. The van der Waals surface area contributed by atoms with Crippen molar-refractivity contribution in [3.8, 4) is 0 Å². The lowest BCUT2D eigenvalue weighted by Gasteiger charge is -2.10. The molecule has 11 heavy (non-hydrogen) atoms. The molecule has 0 aliphatic heterocycles. The number of thiol groups is 1. The van der Waals surface area contributed by atoms with Crippen molar-refractivity contribution in [3.63, 3.8) is 0 Å². The van der Waals surface area contributed by atoms with Gasteiger partial charge in [0.2, 0.25) is 5.91 Å². The van der Waals surface area contributed by atoms with Crippen LogP contribution in [0, 0.1) is 0 Å². The summed E-state index contributed by atoms with van der Waals surface area (Å²) in [6.45, 7) is 1.28. The molecule has 0 radical (unpaired) electrons. The number of carboxylic acids is 1. The molecule has 0 spiro atoms. The Labute approximate surface area is 69.5 Å². The average molecular weight is 178 g/mol. The normalized spacial score (nSPS) is 12.2. The van der Waals surface area contributed by atoms with Gasteiger partial charge in [0.05, 0.1) is 0 Å². The number of nitrogens with one attached hydrogen (secondary N) is 2. The fourth-order valence-corrected chi connectivity index (χ4v) is 0.622. The van der Waals surface area contributed by atoms with Crippen LogP contribution in [0.25, 0.3) is 0 Å². The molecule has 6 heteroatoms. The molecule has 0 aromatic rings. The topological polar surface area (TPSA) is 78.4 Å². The number of carboxylic acid groups (broad SMARTS) is 1. The third-order valence-corrected chi connectivity index (χ3v) is 1.27. The van der Waals surface area contributed by atoms with E-state index in [1.54, 1.807) is 0 Å². The second kappa shape index (κ2) is 4.97. The number of carbonyl (C=O) groups is 2. The molecule has 0 rings (SSSR count). The first kappa shape index (κ1) is 10.2. The van der Waals surface area contributed by atoms with Gasteiger partial charge in [0.15, 0.2) is 0 Å². The van der Waals surface area contributed by atoms with E-state index >= 15 is 0 Å². The van der Waals surface area contributed by atoms with E-state index in [2.05, 4.69) is 23.5 Å². The standard InChI is InChI=1S/C5H10N2O3S/c1-3(8)6-7-4(2-11)5(9)10/h4,7,11H,2H2,1H3,(H,6,8)(H,9,10)/t4-/m0/s1. The molecule has 64 valence electrons. The van der Waals surface area contributed by atoms with E-state index < -0.39 is 12.0 Å². The van der Waals surface area contributed by atoms with Crippen molar-refractivity contribution < 1.29 is 14.7 Å². The lowest BCUT2D eigenvalue weighted by Crippen LogP contribution is -2.48. The highest BCUT2D eigenvalue weighted by molar-refractivity contribution is 7.80. The molecule has 0 heterocycles. The van der Waals surface area contributed by atoms with Crippen LogP contribution in [0.5, 0.6) is 0 Å². The molecular weight excluding hydrogens is 168 g/mol. The van der Waals surface area contributed by atoms with Gasteiger partial charge in [-0.3, -0.25) is 15.0 Å². The lowest BCUT2D eigenvalue weighted by atomic mass is 10.4. The minimum absolute atomic E-state index is 0.121. The van der Waals surface area contributed by atoms with Gasteiger partial charge < -0.3 is 5.11 Å². The molecule has 0 aliphatic rings. The Kier molecular flexibility index (Phi) is 4.64. The highest BCUT2D eigenvalue weighted by Gasteiger charge is 2.14. The Morgan fingerprint density at radius 2 is 2.18 bits per heavy atom. The van der Waals surface area contributed by atoms with E-state index in [4.69, 9.17) is 5.11 Å². The molecule has 0 aromatic carbocycles. The number of carbonyl (C=O) groups excluding carboxylic acids is 1. The summed E-state index contributed by atoms with van der Waals surface area (Å²) in [6.07, 6.45) is 0. The van der Waals surface area contributed by atoms with Crippen LogP contribution in [0.4, 0.5) is 0 Å². The van der Waals surface area contributed by atoms with Gasteiger partial charge in [-0.05, 0) is 0 Å².